The van der Waals surface area contributed by atoms with Crippen LogP contribution in [-0.2, 0) is 13.0 Å². The SMILES string of the molecule is CCc1nc(CN)c2c(Br)cccn12. The van der Waals surface area contributed by atoms with Gasteiger partial charge in [-0.3, -0.25) is 0 Å². The van der Waals surface area contributed by atoms with E-state index in [4.69, 9.17) is 5.73 Å². The number of nitrogens with zero attached hydrogens (tertiary/aromatic N) is 2. The zero-order valence-corrected chi connectivity index (χ0v) is 9.58. The van der Waals surface area contributed by atoms with E-state index in [0.29, 0.717) is 6.54 Å². The summed E-state index contributed by atoms with van der Waals surface area (Å²) >= 11 is 3.51. The molecule has 4 heteroatoms. The molecule has 2 aromatic heterocycles. The fourth-order valence-electron chi connectivity index (χ4n) is 1.63. The molecule has 0 unspecified atom stereocenters. The van der Waals surface area contributed by atoms with Gasteiger partial charge in [0.15, 0.2) is 0 Å². The largest absolute Gasteiger partial charge is 0.325 e. The fourth-order valence-corrected chi connectivity index (χ4v) is 2.20. The van der Waals surface area contributed by atoms with E-state index < -0.39 is 0 Å². The first-order valence-electron chi connectivity index (χ1n) is 4.62. The number of pyridine rings is 1. The number of fused-ring (bicyclic) bond motifs is 1. The number of rotatable bonds is 2. The van der Waals surface area contributed by atoms with E-state index in [0.717, 1.165) is 27.9 Å². The number of hydrogen-bond donors (Lipinski definition) is 1. The van der Waals surface area contributed by atoms with Crippen molar-refractivity contribution in [2.24, 2.45) is 5.73 Å². The van der Waals surface area contributed by atoms with Crippen LogP contribution in [0.3, 0.4) is 0 Å². The Balaban J connectivity index is 2.82. The van der Waals surface area contributed by atoms with Gasteiger partial charge in [-0.05, 0) is 28.1 Å². The smallest absolute Gasteiger partial charge is 0.113 e. The quantitative estimate of drug-likeness (QED) is 0.891. The van der Waals surface area contributed by atoms with Gasteiger partial charge in [0, 0.05) is 23.6 Å². The number of aryl methyl sites for hydroxylation is 1. The van der Waals surface area contributed by atoms with Crippen molar-refractivity contribution in [2.75, 3.05) is 0 Å². The summed E-state index contributed by atoms with van der Waals surface area (Å²) in [6.45, 7) is 2.57. The summed E-state index contributed by atoms with van der Waals surface area (Å²) in [6.07, 6.45) is 2.93. The lowest BCUT2D eigenvalue weighted by Gasteiger charge is -1.99. The molecule has 0 fully saturated rings. The van der Waals surface area contributed by atoms with Gasteiger partial charge in [-0.1, -0.05) is 6.92 Å². The molecule has 74 valence electrons. The van der Waals surface area contributed by atoms with E-state index in [9.17, 15) is 0 Å². The highest BCUT2D eigenvalue weighted by Gasteiger charge is 2.10. The minimum Gasteiger partial charge on any atom is -0.325 e. The zero-order valence-electron chi connectivity index (χ0n) is 8.00. The Kier molecular flexibility index (Phi) is 2.56. The highest BCUT2D eigenvalue weighted by molar-refractivity contribution is 9.10. The second kappa shape index (κ2) is 3.71. The van der Waals surface area contributed by atoms with Gasteiger partial charge in [-0.15, -0.1) is 0 Å². The molecule has 3 nitrogen and oxygen atoms in total. The first-order chi connectivity index (χ1) is 6.77. The molecular formula is C10H12BrN3. The molecule has 2 heterocycles. The highest BCUT2D eigenvalue weighted by atomic mass is 79.9. The molecule has 0 aromatic carbocycles. The predicted molar refractivity (Wildman–Crippen MR) is 60.2 cm³/mol. The molecule has 0 saturated heterocycles. The van der Waals surface area contributed by atoms with Crippen LogP contribution in [-0.4, -0.2) is 9.38 Å². The number of aromatic nitrogens is 2. The van der Waals surface area contributed by atoms with E-state index in [1.807, 2.05) is 18.3 Å². The van der Waals surface area contributed by atoms with E-state index in [2.05, 4.69) is 32.2 Å². The summed E-state index contributed by atoms with van der Waals surface area (Å²) in [7, 11) is 0. The number of nitrogens with two attached hydrogens (primary N) is 1. The van der Waals surface area contributed by atoms with Gasteiger partial charge in [0.2, 0.25) is 0 Å². The van der Waals surface area contributed by atoms with Crippen LogP contribution in [0.15, 0.2) is 22.8 Å². The standard InChI is InChI=1S/C10H12BrN3/c1-2-9-13-8(6-12)10-7(11)4-3-5-14(9)10/h3-5H,2,6,12H2,1H3. The average Bonchev–Trinajstić information content (AvgIpc) is 2.57. The molecular weight excluding hydrogens is 242 g/mol. The Labute approximate surface area is 91.1 Å². The second-order valence-electron chi connectivity index (χ2n) is 3.11. The maximum Gasteiger partial charge on any atom is 0.113 e. The van der Waals surface area contributed by atoms with Crippen molar-refractivity contribution >= 4 is 21.4 Å². The van der Waals surface area contributed by atoms with Gasteiger partial charge in [-0.2, -0.15) is 0 Å². The van der Waals surface area contributed by atoms with Crippen LogP contribution in [0, 0.1) is 0 Å². The highest BCUT2D eigenvalue weighted by Crippen LogP contribution is 2.22. The lowest BCUT2D eigenvalue weighted by atomic mass is 10.3. The number of imidazole rings is 1. The molecule has 2 rings (SSSR count). The van der Waals surface area contributed by atoms with Crippen LogP contribution in [0.25, 0.3) is 5.52 Å². The van der Waals surface area contributed by atoms with Crippen molar-refractivity contribution in [3.8, 4) is 0 Å². The summed E-state index contributed by atoms with van der Waals surface area (Å²) in [6, 6.07) is 4.01. The molecule has 0 amide bonds. The summed E-state index contributed by atoms with van der Waals surface area (Å²) in [5, 5.41) is 0. The Morgan fingerprint density at radius 2 is 2.36 bits per heavy atom. The van der Waals surface area contributed by atoms with E-state index in [1.54, 1.807) is 0 Å². The van der Waals surface area contributed by atoms with E-state index >= 15 is 0 Å². The van der Waals surface area contributed by atoms with Gasteiger partial charge in [0.25, 0.3) is 0 Å². The predicted octanol–water partition coefficient (Wildman–Crippen LogP) is 2.12. The first kappa shape index (κ1) is 9.68. The van der Waals surface area contributed by atoms with Crippen LogP contribution in [0.2, 0.25) is 0 Å². The Bertz CT molecular complexity index is 462. The molecule has 0 atom stereocenters. The third kappa shape index (κ3) is 1.35. The van der Waals surface area contributed by atoms with E-state index in [1.165, 1.54) is 0 Å². The molecule has 14 heavy (non-hydrogen) atoms. The van der Waals surface area contributed by atoms with Crippen LogP contribution in [0.1, 0.15) is 18.4 Å². The second-order valence-corrected chi connectivity index (χ2v) is 3.96. The van der Waals surface area contributed by atoms with Crippen LogP contribution < -0.4 is 5.73 Å². The van der Waals surface area contributed by atoms with Gasteiger partial charge in [-0.25, -0.2) is 4.98 Å². The van der Waals surface area contributed by atoms with Gasteiger partial charge < -0.3 is 10.1 Å². The van der Waals surface area contributed by atoms with Crippen LogP contribution in [0.4, 0.5) is 0 Å². The van der Waals surface area contributed by atoms with Crippen molar-refractivity contribution in [2.45, 2.75) is 19.9 Å². The third-order valence-corrected chi connectivity index (χ3v) is 2.91. The zero-order chi connectivity index (χ0) is 10.1. The lowest BCUT2D eigenvalue weighted by Crippen LogP contribution is -1.97. The van der Waals surface area contributed by atoms with Crippen molar-refractivity contribution in [1.29, 1.82) is 0 Å². The Morgan fingerprint density at radius 1 is 1.57 bits per heavy atom. The summed E-state index contributed by atoms with van der Waals surface area (Å²) < 4.78 is 3.14. The maximum absolute atomic E-state index is 5.66. The summed E-state index contributed by atoms with van der Waals surface area (Å²) in [5.74, 6) is 1.06. The molecule has 2 aromatic rings. The maximum atomic E-state index is 5.66. The minimum atomic E-state index is 0.478. The van der Waals surface area contributed by atoms with Crippen molar-refractivity contribution < 1.29 is 0 Å². The lowest BCUT2D eigenvalue weighted by molar-refractivity contribution is 0.915. The molecule has 2 N–H and O–H groups in total. The monoisotopic (exact) mass is 253 g/mol. The van der Waals surface area contributed by atoms with E-state index in [-0.39, 0.29) is 0 Å². The molecule has 0 bridgehead atoms. The van der Waals surface area contributed by atoms with Crippen LogP contribution in [0.5, 0.6) is 0 Å². The molecule has 0 aliphatic carbocycles. The van der Waals surface area contributed by atoms with Crippen molar-refractivity contribution in [3.63, 3.8) is 0 Å². The molecule has 0 aliphatic heterocycles. The van der Waals surface area contributed by atoms with Crippen LogP contribution >= 0.6 is 15.9 Å². The molecule has 0 aliphatic rings. The third-order valence-electron chi connectivity index (χ3n) is 2.27. The average molecular weight is 254 g/mol. The Hall–Kier alpha value is -0.870. The van der Waals surface area contributed by atoms with Crippen molar-refractivity contribution in [1.82, 2.24) is 9.38 Å². The van der Waals surface area contributed by atoms with Crippen molar-refractivity contribution in [3.05, 3.63) is 34.3 Å². The van der Waals surface area contributed by atoms with Gasteiger partial charge in [0.05, 0.1) is 11.2 Å². The summed E-state index contributed by atoms with van der Waals surface area (Å²) in [4.78, 5) is 4.50. The molecule has 0 saturated carbocycles. The molecule has 0 radical (unpaired) electrons. The Morgan fingerprint density at radius 3 is 3.00 bits per heavy atom. The number of hydrogen-bond acceptors (Lipinski definition) is 2. The first-order valence-corrected chi connectivity index (χ1v) is 5.41. The normalized spacial score (nSPS) is 11.1. The summed E-state index contributed by atoms with van der Waals surface area (Å²) in [5.41, 5.74) is 7.70. The topological polar surface area (TPSA) is 43.3 Å². The number of halogens is 1. The van der Waals surface area contributed by atoms with Gasteiger partial charge >= 0.3 is 0 Å². The minimum absolute atomic E-state index is 0.478. The molecule has 0 spiro atoms. The fraction of sp³-hybridized carbons (Fsp3) is 0.300. The van der Waals surface area contributed by atoms with Gasteiger partial charge in [0.1, 0.15) is 5.82 Å².